The normalized spacial score (nSPS) is 11.1. The molecule has 0 aliphatic rings. The number of benzene rings is 8. The van der Waals surface area contributed by atoms with Crippen LogP contribution in [0.2, 0.25) is 0 Å². The zero-order valence-corrected chi connectivity index (χ0v) is 28.0. The minimum Gasteiger partial charge on any atom is -0.310 e. The highest BCUT2D eigenvalue weighted by Crippen LogP contribution is 2.48. The van der Waals surface area contributed by atoms with E-state index in [1.54, 1.807) is 0 Å². The number of hydrogen-bond acceptors (Lipinski definition) is 2. The first-order valence-electron chi connectivity index (χ1n) is 17.4. The molecule has 0 aliphatic heterocycles. The fourth-order valence-corrected chi connectivity index (χ4v) is 7.28. The Kier molecular flexibility index (Phi) is 7.84. The summed E-state index contributed by atoms with van der Waals surface area (Å²) in [4.78, 5) is 4.76. The number of anilines is 6. The summed E-state index contributed by atoms with van der Waals surface area (Å²) in [5.74, 6) is 0. The Hall–Kier alpha value is -6.84. The van der Waals surface area contributed by atoms with E-state index in [4.69, 9.17) is 0 Å². The van der Waals surface area contributed by atoms with Gasteiger partial charge in [0.05, 0.1) is 22.4 Å². The first kappa shape index (κ1) is 30.2. The maximum absolute atomic E-state index is 2.44. The lowest BCUT2D eigenvalue weighted by Crippen LogP contribution is -2.14. The highest BCUT2D eigenvalue weighted by atomic mass is 15.2. The molecule has 0 bridgehead atoms. The van der Waals surface area contributed by atoms with Crippen molar-refractivity contribution in [2.24, 2.45) is 0 Å². The Morgan fingerprint density at radius 3 is 1.35 bits per heavy atom. The largest absolute Gasteiger partial charge is 0.310 e. The minimum absolute atomic E-state index is 1.06. The van der Waals surface area contributed by atoms with E-state index in [0.717, 1.165) is 50.8 Å². The number of para-hydroxylation sites is 5. The molecule has 1 aromatic heterocycles. The summed E-state index contributed by atoms with van der Waals surface area (Å²) < 4.78 is 2.44. The number of fused-ring (bicyclic) bond motifs is 3. The molecule has 8 aromatic carbocycles. The number of hydrogen-bond donors (Lipinski definition) is 0. The van der Waals surface area contributed by atoms with Crippen LogP contribution in [-0.4, -0.2) is 4.57 Å². The van der Waals surface area contributed by atoms with Gasteiger partial charge in [-0.3, -0.25) is 0 Å². The molecule has 0 spiro atoms. The number of aromatic nitrogens is 1. The molecule has 0 unspecified atom stereocenters. The van der Waals surface area contributed by atoms with Crippen LogP contribution < -0.4 is 9.80 Å². The molecule has 3 nitrogen and oxygen atoms in total. The summed E-state index contributed by atoms with van der Waals surface area (Å²) in [7, 11) is 0. The van der Waals surface area contributed by atoms with Gasteiger partial charge in [0.25, 0.3) is 0 Å². The van der Waals surface area contributed by atoms with Crippen molar-refractivity contribution in [3.8, 4) is 16.8 Å². The van der Waals surface area contributed by atoms with Crippen molar-refractivity contribution < 1.29 is 0 Å². The lowest BCUT2D eigenvalue weighted by atomic mass is 10.0. The molecular formula is C48H35N3. The van der Waals surface area contributed by atoms with Crippen LogP contribution in [0.5, 0.6) is 0 Å². The quantitative estimate of drug-likeness (QED) is 0.162. The van der Waals surface area contributed by atoms with E-state index in [0.29, 0.717) is 0 Å². The van der Waals surface area contributed by atoms with Crippen LogP contribution in [0.25, 0.3) is 38.6 Å². The Morgan fingerprint density at radius 2 is 0.784 bits per heavy atom. The lowest BCUT2D eigenvalue weighted by molar-refractivity contribution is 1.17. The summed E-state index contributed by atoms with van der Waals surface area (Å²) in [5.41, 5.74) is 12.3. The van der Waals surface area contributed by atoms with Crippen molar-refractivity contribution in [3.63, 3.8) is 0 Å². The zero-order valence-electron chi connectivity index (χ0n) is 28.0. The maximum Gasteiger partial charge on any atom is 0.0583 e. The van der Waals surface area contributed by atoms with E-state index in [1.807, 2.05) is 0 Å². The van der Waals surface area contributed by atoms with Crippen molar-refractivity contribution in [1.29, 1.82) is 0 Å². The van der Waals surface area contributed by atoms with Crippen molar-refractivity contribution in [1.82, 2.24) is 4.57 Å². The van der Waals surface area contributed by atoms with Gasteiger partial charge in [-0.1, -0.05) is 133 Å². The van der Waals surface area contributed by atoms with E-state index in [-0.39, 0.29) is 0 Å². The standard InChI is InChI=1S/C48H35N3/c1-6-19-36(20-7-1)37-21-18-30-42(33-37)51-45-32-17-16-31-44(45)48-46(50(40-26-12-4-13-27-40)41-28-14-5-15-29-41)34-43(35-47(48)51)49(38-22-8-2-9-23-38)39-24-10-3-11-25-39/h1-35H. The molecule has 0 fully saturated rings. The summed E-state index contributed by atoms with van der Waals surface area (Å²) in [5, 5.41) is 2.38. The average molecular weight is 654 g/mol. The average Bonchev–Trinajstić information content (AvgIpc) is 3.54. The van der Waals surface area contributed by atoms with Gasteiger partial charge in [0, 0.05) is 39.2 Å². The van der Waals surface area contributed by atoms with Gasteiger partial charge in [-0.25, -0.2) is 0 Å². The van der Waals surface area contributed by atoms with Gasteiger partial charge < -0.3 is 14.4 Å². The van der Waals surface area contributed by atoms with Gasteiger partial charge in [-0.15, -0.1) is 0 Å². The topological polar surface area (TPSA) is 11.4 Å². The first-order chi connectivity index (χ1) is 25.3. The highest BCUT2D eigenvalue weighted by molar-refractivity contribution is 6.18. The number of rotatable bonds is 8. The molecule has 3 heteroatoms. The van der Waals surface area contributed by atoms with E-state index >= 15 is 0 Å². The maximum atomic E-state index is 2.44. The molecule has 51 heavy (non-hydrogen) atoms. The predicted molar refractivity (Wildman–Crippen MR) is 216 cm³/mol. The van der Waals surface area contributed by atoms with Crippen LogP contribution in [0.15, 0.2) is 212 Å². The van der Waals surface area contributed by atoms with E-state index in [2.05, 4.69) is 227 Å². The fraction of sp³-hybridized carbons (Fsp3) is 0. The van der Waals surface area contributed by atoms with E-state index < -0.39 is 0 Å². The van der Waals surface area contributed by atoms with E-state index in [1.165, 1.54) is 21.9 Å². The third-order valence-electron chi connectivity index (χ3n) is 9.50. The smallest absolute Gasteiger partial charge is 0.0583 e. The molecule has 1 heterocycles. The van der Waals surface area contributed by atoms with Crippen LogP contribution in [-0.2, 0) is 0 Å². The Bertz CT molecular complexity index is 2480. The SMILES string of the molecule is c1ccc(-c2cccc(-n3c4ccccc4c4c(N(c5ccccc5)c5ccccc5)cc(N(c5ccccc5)c5ccccc5)cc43)c2)cc1. The Balaban J connectivity index is 1.41. The monoisotopic (exact) mass is 653 g/mol. The van der Waals surface area contributed by atoms with Crippen LogP contribution in [0.4, 0.5) is 34.1 Å². The lowest BCUT2D eigenvalue weighted by Gasteiger charge is -2.30. The van der Waals surface area contributed by atoms with Gasteiger partial charge in [0.1, 0.15) is 0 Å². The molecule has 242 valence electrons. The molecule has 0 saturated carbocycles. The molecule has 0 amide bonds. The van der Waals surface area contributed by atoms with Gasteiger partial charge in [0.15, 0.2) is 0 Å². The van der Waals surface area contributed by atoms with Crippen LogP contribution in [0.1, 0.15) is 0 Å². The number of nitrogens with zero attached hydrogens (tertiary/aromatic N) is 3. The van der Waals surface area contributed by atoms with Crippen LogP contribution in [0.3, 0.4) is 0 Å². The molecule has 9 aromatic rings. The first-order valence-corrected chi connectivity index (χ1v) is 17.4. The zero-order chi connectivity index (χ0) is 34.0. The minimum atomic E-state index is 1.06. The van der Waals surface area contributed by atoms with Gasteiger partial charge in [0.2, 0.25) is 0 Å². The van der Waals surface area contributed by atoms with Gasteiger partial charge in [-0.2, -0.15) is 0 Å². The van der Waals surface area contributed by atoms with Gasteiger partial charge in [-0.05, 0) is 90.0 Å². The van der Waals surface area contributed by atoms with Gasteiger partial charge >= 0.3 is 0 Å². The molecule has 0 aliphatic carbocycles. The predicted octanol–water partition coefficient (Wildman–Crippen LogP) is 13.4. The van der Waals surface area contributed by atoms with Crippen LogP contribution >= 0.6 is 0 Å². The van der Waals surface area contributed by atoms with Crippen LogP contribution in [0, 0.1) is 0 Å². The summed E-state index contributed by atoms with van der Waals surface area (Å²) in [6.45, 7) is 0. The molecule has 9 rings (SSSR count). The van der Waals surface area contributed by atoms with Crippen molar-refractivity contribution in [2.45, 2.75) is 0 Å². The summed E-state index contributed by atoms with van der Waals surface area (Å²) in [6.07, 6.45) is 0. The molecular weight excluding hydrogens is 619 g/mol. The summed E-state index contributed by atoms with van der Waals surface area (Å²) >= 11 is 0. The highest BCUT2D eigenvalue weighted by Gasteiger charge is 2.24. The molecule has 0 N–H and O–H groups in total. The fourth-order valence-electron chi connectivity index (χ4n) is 7.28. The molecule has 0 radical (unpaired) electrons. The van der Waals surface area contributed by atoms with E-state index in [9.17, 15) is 0 Å². The second-order valence-electron chi connectivity index (χ2n) is 12.6. The molecule has 0 atom stereocenters. The van der Waals surface area contributed by atoms with Crippen molar-refractivity contribution in [2.75, 3.05) is 9.80 Å². The Labute approximate surface area is 298 Å². The summed E-state index contributed by atoms with van der Waals surface area (Å²) in [6, 6.07) is 75.8. The second-order valence-corrected chi connectivity index (χ2v) is 12.6. The third kappa shape index (κ3) is 5.61. The third-order valence-corrected chi connectivity index (χ3v) is 9.50. The van der Waals surface area contributed by atoms with Crippen molar-refractivity contribution >= 4 is 55.9 Å². The van der Waals surface area contributed by atoms with Crippen molar-refractivity contribution in [3.05, 3.63) is 212 Å². The second kappa shape index (κ2) is 13.2. The Morgan fingerprint density at radius 1 is 0.314 bits per heavy atom. The molecule has 0 saturated heterocycles.